The number of methoxy groups -OCH3 is 1. The van der Waals surface area contributed by atoms with Crippen LogP contribution in [0.3, 0.4) is 0 Å². The number of anilines is 1. The summed E-state index contributed by atoms with van der Waals surface area (Å²) in [5.41, 5.74) is 1.33. The van der Waals surface area contributed by atoms with E-state index < -0.39 is 0 Å². The lowest BCUT2D eigenvalue weighted by Gasteiger charge is -2.15. The van der Waals surface area contributed by atoms with Gasteiger partial charge in [-0.2, -0.15) is 0 Å². The molecule has 4 nitrogen and oxygen atoms in total. The van der Waals surface area contributed by atoms with Gasteiger partial charge in [0.25, 0.3) is 5.91 Å². The van der Waals surface area contributed by atoms with E-state index in [1.54, 1.807) is 25.3 Å². The molecule has 0 aromatic heterocycles. The Bertz CT molecular complexity index is 898. The second kappa shape index (κ2) is 8.12. The Morgan fingerprint density at radius 1 is 1.23 bits per heavy atom. The summed E-state index contributed by atoms with van der Waals surface area (Å²) in [5, 5.41) is 0.473. The fraction of sp³-hybridized carbons (Fsp3) is 0.158. The molecule has 1 heterocycles. The summed E-state index contributed by atoms with van der Waals surface area (Å²) in [6.45, 7) is 2.43. The first-order chi connectivity index (χ1) is 12.6. The standard InChI is InChI=1S/C19H16ClNO3S2/c1-3-24-15-10-6-7-12(17(15)23-2)11-16-18(22)21(19(25)26-16)14-9-5-4-8-13(14)20/h4-11H,3H2,1-2H3. The number of rotatable bonds is 5. The van der Waals surface area contributed by atoms with E-state index in [1.165, 1.54) is 16.7 Å². The summed E-state index contributed by atoms with van der Waals surface area (Å²) in [5.74, 6) is 1.000. The molecule has 0 atom stereocenters. The van der Waals surface area contributed by atoms with Crippen LogP contribution in [0.1, 0.15) is 12.5 Å². The van der Waals surface area contributed by atoms with E-state index in [1.807, 2.05) is 37.3 Å². The van der Waals surface area contributed by atoms with Crippen LogP contribution in [0.15, 0.2) is 47.4 Å². The number of thiocarbonyl (C=S) groups is 1. The van der Waals surface area contributed by atoms with Gasteiger partial charge in [-0.15, -0.1) is 0 Å². The monoisotopic (exact) mass is 405 g/mol. The molecule has 1 amide bonds. The van der Waals surface area contributed by atoms with Gasteiger partial charge in [-0.05, 0) is 31.2 Å². The van der Waals surface area contributed by atoms with Crippen molar-refractivity contribution in [3.63, 3.8) is 0 Å². The molecular formula is C19H16ClNO3S2. The van der Waals surface area contributed by atoms with Gasteiger partial charge in [-0.3, -0.25) is 9.69 Å². The number of halogens is 1. The van der Waals surface area contributed by atoms with Crippen molar-refractivity contribution in [1.29, 1.82) is 0 Å². The van der Waals surface area contributed by atoms with Crippen molar-refractivity contribution in [2.75, 3.05) is 18.6 Å². The lowest BCUT2D eigenvalue weighted by molar-refractivity contribution is -0.113. The van der Waals surface area contributed by atoms with Gasteiger partial charge in [0.15, 0.2) is 15.8 Å². The van der Waals surface area contributed by atoms with Gasteiger partial charge in [-0.25, -0.2) is 0 Å². The van der Waals surface area contributed by atoms with Gasteiger partial charge >= 0.3 is 0 Å². The molecule has 0 radical (unpaired) electrons. The van der Waals surface area contributed by atoms with E-state index in [0.29, 0.717) is 38.0 Å². The molecule has 26 heavy (non-hydrogen) atoms. The first-order valence-electron chi connectivity index (χ1n) is 7.89. The zero-order valence-corrected chi connectivity index (χ0v) is 16.6. The molecule has 0 bridgehead atoms. The minimum absolute atomic E-state index is 0.211. The molecule has 1 aliphatic rings. The first kappa shape index (κ1) is 18.8. The smallest absolute Gasteiger partial charge is 0.270 e. The predicted molar refractivity (Wildman–Crippen MR) is 111 cm³/mol. The van der Waals surface area contributed by atoms with Gasteiger partial charge in [0.05, 0.1) is 29.3 Å². The fourth-order valence-electron chi connectivity index (χ4n) is 2.58. The molecule has 1 saturated heterocycles. The highest BCUT2D eigenvalue weighted by atomic mass is 35.5. The normalized spacial score (nSPS) is 15.7. The van der Waals surface area contributed by atoms with Crippen LogP contribution in [0.25, 0.3) is 6.08 Å². The number of ether oxygens (including phenoxy) is 2. The maximum absolute atomic E-state index is 12.9. The van der Waals surface area contributed by atoms with E-state index in [-0.39, 0.29) is 5.91 Å². The minimum Gasteiger partial charge on any atom is -0.492 e. The van der Waals surface area contributed by atoms with Gasteiger partial charge < -0.3 is 9.47 Å². The highest BCUT2D eigenvalue weighted by Crippen LogP contribution is 2.40. The lowest BCUT2D eigenvalue weighted by atomic mass is 10.1. The molecule has 0 spiro atoms. The molecule has 1 fully saturated rings. The second-order valence-electron chi connectivity index (χ2n) is 5.28. The Hall–Kier alpha value is -2.02. The zero-order chi connectivity index (χ0) is 18.7. The summed E-state index contributed by atoms with van der Waals surface area (Å²) < 4.78 is 11.5. The Kier molecular flexibility index (Phi) is 5.86. The molecule has 3 rings (SSSR count). The van der Waals surface area contributed by atoms with Crippen LogP contribution in [0.4, 0.5) is 5.69 Å². The number of carbonyl (C=O) groups is 1. The highest BCUT2D eigenvalue weighted by molar-refractivity contribution is 8.27. The number of benzene rings is 2. The summed E-state index contributed by atoms with van der Waals surface area (Å²) in [7, 11) is 1.57. The molecule has 0 unspecified atom stereocenters. The lowest BCUT2D eigenvalue weighted by Crippen LogP contribution is -2.27. The maximum Gasteiger partial charge on any atom is 0.270 e. The number of para-hydroxylation sites is 2. The average molecular weight is 406 g/mol. The SMILES string of the molecule is CCOc1cccc(C=C2SC(=S)N(c3ccccc3Cl)C2=O)c1OC. The molecular weight excluding hydrogens is 390 g/mol. The van der Waals surface area contributed by atoms with Crippen LogP contribution >= 0.6 is 35.6 Å². The van der Waals surface area contributed by atoms with Crippen molar-refractivity contribution in [2.45, 2.75) is 6.92 Å². The molecule has 0 N–H and O–H groups in total. The van der Waals surface area contributed by atoms with Crippen LogP contribution in [-0.2, 0) is 4.79 Å². The summed E-state index contributed by atoms with van der Waals surface area (Å²) in [6.07, 6.45) is 1.76. The predicted octanol–water partition coefficient (Wildman–Crippen LogP) is 5.15. The Balaban J connectivity index is 1.99. The van der Waals surface area contributed by atoms with Crippen LogP contribution in [0.5, 0.6) is 11.5 Å². The third-order valence-electron chi connectivity index (χ3n) is 3.69. The van der Waals surface area contributed by atoms with Crippen LogP contribution < -0.4 is 14.4 Å². The molecule has 0 aliphatic carbocycles. The number of amides is 1. The van der Waals surface area contributed by atoms with Crippen LogP contribution in [-0.4, -0.2) is 23.9 Å². The number of nitrogens with zero attached hydrogens (tertiary/aromatic N) is 1. The minimum atomic E-state index is -0.211. The van der Waals surface area contributed by atoms with Gasteiger partial charge in [0, 0.05) is 5.56 Å². The quantitative estimate of drug-likeness (QED) is 0.508. The van der Waals surface area contributed by atoms with Crippen molar-refractivity contribution < 1.29 is 14.3 Å². The van der Waals surface area contributed by atoms with E-state index >= 15 is 0 Å². The summed E-state index contributed by atoms with van der Waals surface area (Å²) >= 11 is 12.9. The molecule has 1 aliphatic heterocycles. The van der Waals surface area contributed by atoms with Crippen molar-refractivity contribution >= 4 is 57.6 Å². The van der Waals surface area contributed by atoms with Crippen molar-refractivity contribution in [2.24, 2.45) is 0 Å². The fourth-order valence-corrected chi connectivity index (χ4v) is 4.08. The Morgan fingerprint density at radius 3 is 2.69 bits per heavy atom. The molecule has 0 saturated carbocycles. The zero-order valence-electron chi connectivity index (χ0n) is 14.2. The first-order valence-corrected chi connectivity index (χ1v) is 9.49. The van der Waals surface area contributed by atoms with Gasteiger partial charge in [-0.1, -0.05) is 59.8 Å². The number of hydrogen-bond donors (Lipinski definition) is 0. The molecule has 7 heteroatoms. The molecule has 2 aromatic carbocycles. The van der Waals surface area contributed by atoms with Crippen LogP contribution in [0.2, 0.25) is 5.02 Å². The van der Waals surface area contributed by atoms with Crippen LogP contribution in [0, 0.1) is 0 Å². The topological polar surface area (TPSA) is 38.8 Å². The van der Waals surface area contributed by atoms with Crippen molar-refractivity contribution in [1.82, 2.24) is 0 Å². The van der Waals surface area contributed by atoms with E-state index in [0.717, 1.165) is 5.56 Å². The van der Waals surface area contributed by atoms with Crippen molar-refractivity contribution in [3.8, 4) is 11.5 Å². The van der Waals surface area contributed by atoms with Crippen molar-refractivity contribution in [3.05, 3.63) is 58.0 Å². The third-order valence-corrected chi connectivity index (χ3v) is 5.31. The number of carbonyl (C=O) groups excluding carboxylic acids is 1. The Labute approximate surface area is 166 Å². The highest BCUT2D eigenvalue weighted by Gasteiger charge is 2.34. The second-order valence-corrected chi connectivity index (χ2v) is 7.36. The third kappa shape index (κ3) is 3.58. The number of hydrogen-bond acceptors (Lipinski definition) is 5. The van der Waals surface area contributed by atoms with Gasteiger partial charge in [0.1, 0.15) is 0 Å². The van der Waals surface area contributed by atoms with E-state index in [2.05, 4.69) is 0 Å². The maximum atomic E-state index is 12.9. The van der Waals surface area contributed by atoms with Gasteiger partial charge in [0.2, 0.25) is 0 Å². The number of thioether (sulfide) groups is 1. The largest absolute Gasteiger partial charge is 0.492 e. The molecule has 2 aromatic rings. The Morgan fingerprint density at radius 2 is 2.00 bits per heavy atom. The molecule has 134 valence electrons. The van der Waals surface area contributed by atoms with E-state index in [4.69, 9.17) is 33.3 Å². The van der Waals surface area contributed by atoms with E-state index in [9.17, 15) is 4.79 Å². The average Bonchev–Trinajstić information content (AvgIpc) is 2.90. The summed E-state index contributed by atoms with van der Waals surface area (Å²) in [6, 6.07) is 12.7. The summed E-state index contributed by atoms with van der Waals surface area (Å²) in [4.78, 5) is 14.9.